The molecule has 11 heteroatoms. The van der Waals surface area contributed by atoms with E-state index >= 15 is 0 Å². The fourth-order valence-electron chi connectivity index (χ4n) is 4.30. The van der Waals surface area contributed by atoms with Gasteiger partial charge >= 0.3 is 12.2 Å². The molecule has 2 aromatic carbocycles. The molecule has 36 heavy (non-hydrogen) atoms. The first-order valence-corrected chi connectivity index (χ1v) is 11.2. The van der Waals surface area contributed by atoms with E-state index in [4.69, 9.17) is 4.74 Å². The molecule has 2 aliphatic rings. The number of alkyl halides is 3. The SMILES string of the molecule is CC1(C)C/C(=C\C(=O)Nc2ccc3c(c2)NC(=O)N(C(CO)CO)C3)c2ccc(C(F)(F)F)cc2O1. The Morgan fingerprint density at radius 2 is 1.94 bits per heavy atom. The lowest BCUT2D eigenvalue weighted by Crippen LogP contribution is -2.48. The molecule has 2 aromatic rings. The summed E-state index contributed by atoms with van der Waals surface area (Å²) < 4.78 is 45.2. The first kappa shape index (κ1) is 25.5. The van der Waals surface area contributed by atoms with Gasteiger partial charge in [-0.1, -0.05) is 12.1 Å². The normalized spacial score (nSPS) is 17.8. The number of nitrogens with one attached hydrogen (secondary N) is 2. The Morgan fingerprint density at radius 1 is 1.22 bits per heavy atom. The minimum absolute atomic E-state index is 0.0604. The number of rotatable bonds is 5. The lowest BCUT2D eigenvalue weighted by Gasteiger charge is -2.34. The number of carbonyl (C=O) groups excluding carboxylic acids is 2. The fraction of sp³-hybridized carbons (Fsp3) is 0.360. The van der Waals surface area contributed by atoms with Crippen LogP contribution >= 0.6 is 0 Å². The van der Waals surface area contributed by atoms with E-state index in [0.717, 1.165) is 17.7 Å². The molecule has 0 spiro atoms. The zero-order valence-corrected chi connectivity index (χ0v) is 19.6. The lowest BCUT2D eigenvalue weighted by molar-refractivity contribution is -0.137. The van der Waals surface area contributed by atoms with Crippen LogP contribution in [0.15, 0.2) is 42.5 Å². The molecule has 0 bridgehead atoms. The molecule has 0 radical (unpaired) electrons. The van der Waals surface area contributed by atoms with Gasteiger partial charge in [-0.25, -0.2) is 4.79 Å². The summed E-state index contributed by atoms with van der Waals surface area (Å²) in [7, 11) is 0. The Hall–Kier alpha value is -3.57. The van der Waals surface area contributed by atoms with Crippen molar-refractivity contribution in [2.24, 2.45) is 0 Å². The Morgan fingerprint density at radius 3 is 2.61 bits per heavy atom. The number of ether oxygens (including phenoxy) is 1. The average Bonchev–Trinajstić information content (AvgIpc) is 2.78. The van der Waals surface area contributed by atoms with Crippen LogP contribution in [0.25, 0.3) is 5.57 Å². The number of aliphatic hydroxyl groups is 2. The second-order valence-corrected chi connectivity index (χ2v) is 9.36. The molecule has 0 saturated carbocycles. The topological polar surface area (TPSA) is 111 Å². The second kappa shape index (κ2) is 9.47. The molecule has 4 N–H and O–H groups in total. The van der Waals surface area contributed by atoms with Crippen molar-refractivity contribution in [2.75, 3.05) is 23.8 Å². The van der Waals surface area contributed by atoms with Crippen LogP contribution in [-0.2, 0) is 17.5 Å². The zero-order chi connectivity index (χ0) is 26.3. The van der Waals surface area contributed by atoms with Crippen LogP contribution in [0, 0.1) is 0 Å². The minimum Gasteiger partial charge on any atom is -0.487 e. The van der Waals surface area contributed by atoms with E-state index in [0.29, 0.717) is 28.9 Å². The molecular weight excluding hydrogens is 479 g/mol. The van der Waals surface area contributed by atoms with Crippen LogP contribution in [0.1, 0.15) is 37.0 Å². The highest BCUT2D eigenvalue weighted by atomic mass is 19.4. The van der Waals surface area contributed by atoms with Crippen molar-refractivity contribution in [2.45, 2.75) is 44.6 Å². The monoisotopic (exact) mass is 505 g/mol. The van der Waals surface area contributed by atoms with Crippen molar-refractivity contribution >= 4 is 28.9 Å². The van der Waals surface area contributed by atoms with Gasteiger partial charge in [-0.3, -0.25) is 4.79 Å². The highest BCUT2D eigenvalue weighted by molar-refractivity contribution is 6.05. The summed E-state index contributed by atoms with van der Waals surface area (Å²) in [6.07, 6.45) is -2.87. The average molecular weight is 505 g/mol. The van der Waals surface area contributed by atoms with Gasteiger partial charge in [0.1, 0.15) is 11.4 Å². The number of nitrogens with zero attached hydrogens (tertiary/aromatic N) is 1. The van der Waals surface area contributed by atoms with Crippen molar-refractivity contribution in [1.82, 2.24) is 4.90 Å². The Labute approximate surface area is 205 Å². The van der Waals surface area contributed by atoms with Gasteiger partial charge < -0.3 is 30.5 Å². The van der Waals surface area contributed by atoms with E-state index in [9.17, 15) is 33.0 Å². The van der Waals surface area contributed by atoms with E-state index in [2.05, 4.69) is 10.6 Å². The summed E-state index contributed by atoms with van der Waals surface area (Å²) in [5, 5.41) is 24.2. The van der Waals surface area contributed by atoms with E-state index in [-0.39, 0.29) is 25.5 Å². The van der Waals surface area contributed by atoms with Crippen molar-refractivity contribution in [3.8, 4) is 5.75 Å². The van der Waals surface area contributed by atoms with Crippen molar-refractivity contribution in [3.63, 3.8) is 0 Å². The smallest absolute Gasteiger partial charge is 0.416 e. The number of fused-ring (bicyclic) bond motifs is 2. The standard InChI is InChI=1S/C25H26F3N3O5/c1-24(2)10-15(19-6-4-16(25(26,27)28)8-21(19)36-24)7-22(34)29-17-5-3-14-11-31(18(12-32)13-33)23(35)30-20(14)9-17/h3-9,18,32-33H,10-13H2,1-2H3,(H,29,34)(H,30,35)/b15-7+. The third-order valence-electron chi connectivity index (χ3n) is 6.05. The van der Waals surface area contributed by atoms with Gasteiger partial charge in [0.15, 0.2) is 0 Å². The van der Waals surface area contributed by atoms with Crippen LogP contribution in [-0.4, -0.2) is 51.9 Å². The highest BCUT2D eigenvalue weighted by Gasteiger charge is 2.35. The molecule has 0 aliphatic carbocycles. The largest absolute Gasteiger partial charge is 0.487 e. The molecule has 2 aliphatic heterocycles. The van der Waals surface area contributed by atoms with Crippen LogP contribution in [0.5, 0.6) is 5.75 Å². The number of halogens is 3. The minimum atomic E-state index is -4.52. The van der Waals surface area contributed by atoms with Gasteiger partial charge in [0.2, 0.25) is 5.91 Å². The number of urea groups is 1. The third-order valence-corrected chi connectivity index (χ3v) is 6.05. The molecule has 0 saturated heterocycles. The van der Waals surface area contributed by atoms with Gasteiger partial charge in [0.05, 0.1) is 24.8 Å². The lowest BCUT2D eigenvalue weighted by atomic mass is 9.88. The third kappa shape index (κ3) is 5.31. The van der Waals surface area contributed by atoms with E-state index in [1.807, 2.05) is 0 Å². The summed E-state index contributed by atoms with van der Waals surface area (Å²) in [5.74, 6) is -0.428. The molecule has 0 unspecified atom stereocenters. The van der Waals surface area contributed by atoms with E-state index in [1.165, 1.54) is 17.0 Å². The van der Waals surface area contributed by atoms with Crippen molar-refractivity contribution < 1.29 is 37.7 Å². The maximum atomic E-state index is 13.2. The van der Waals surface area contributed by atoms with Gasteiger partial charge in [0.25, 0.3) is 0 Å². The molecule has 192 valence electrons. The Bertz CT molecular complexity index is 1220. The second-order valence-electron chi connectivity index (χ2n) is 9.36. The summed E-state index contributed by atoms with van der Waals surface area (Å²) in [5.41, 5.74) is 0.927. The van der Waals surface area contributed by atoms with Crippen LogP contribution in [0.3, 0.4) is 0 Å². The first-order chi connectivity index (χ1) is 16.9. The summed E-state index contributed by atoms with van der Waals surface area (Å²) in [4.78, 5) is 26.5. The van der Waals surface area contributed by atoms with E-state index in [1.54, 1.807) is 32.0 Å². The Balaban J connectivity index is 1.55. The quantitative estimate of drug-likeness (QED) is 0.460. The zero-order valence-electron chi connectivity index (χ0n) is 19.6. The molecule has 8 nitrogen and oxygen atoms in total. The fourth-order valence-corrected chi connectivity index (χ4v) is 4.30. The van der Waals surface area contributed by atoms with Crippen LogP contribution < -0.4 is 15.4 Å². The predicted octanol–water partition coefficient (Wildman–Crippen LogP) is 3.99. The van der Waals surface area contributed by atoms with E-state index < -0.39 is 35.3 Å². The first-order valence-electron chi connectivity index (χ1n) is 11.2. The molecule has 2 heterocycles. The number of carbonyl (C=O) groups is 2. The maximum Gasteiger partial charge on any atom is 0.416 e. The predicted molar refractivity (Wildman–Crippen MR) is 126 cm³/mol. The van der Waals surface area contributed by atoms with Gasteiger partial charge in [-0.2, -0.15) is 13.2 Å². The number of aliphatic hydroxyl groups excluding tert-OH is 2. The highest BCUT2D eigenvalue weighted by Crippen LogP contribution is 2.43. The molecule has 0 fully saturated rings. The molecule has 4 rings (SSSR count). The van der Waals surface area contributed by atoms with Crippen molar-refractivity contribution in [1.29, 1.82) is 0 Å². The summed E-state index contributed by atoms with van der Waals surface area (Å²) in [6, 6.07) is 6.93. The summed E-state index contributed by atoms with van der Waals surface area (Å²) >= 11 is 0. The number of benzene rings is 2. The number of amides is 3. The number of hydrogen-bond acceptors (Lipinski definition) is 5. The molecular formula is C25H26F3N3O5. The number of anilines is 2. The molecule has 3 amide bonds. The number of hydrogen-bond donors (Lipinski definition) is 4. The summed E-state index contributed by atoms with van der Waals surface area (Å²) in [6.45, 7) is 2.87. The molecule has 0 atom stereocenters. The van der Waals surface area contributed by atoms with Gasteiger partial charge in [-0.15, -0.1) is 0 Å². The maximum absolute atomic E-state index is 13.2. The van der Waals surface area contributed by atoms with Gasteiger partial charge in [-0.05, 0) is 49.2 Å². The van der Waals surface area contributed by atoms with Crippen LogP contribution in [0.2, 0.25) is 0 Å². The Kier molecular flexibility index (Phi) is 6.72. The molecule has 0 aromatic heterocycles. The van der Waals surface area contributed by atoms with Gasteiger partial charge in [0, 0.05) is 36.0 Å². The van der Waals surface area contributed by atoms with Crippen molar-refractivity contribution in [3.05, 3.63) is 59.2 Å². The van der Waals surface area contributed by atoms with Crippen LogP contribution in [0.4, 0.5) is 29.3 Å².